The van der Waals surface area contributed by atoms with E-state index in [-0.39, 0.29) is 23.7 Å². The molecule has 0 spiro atoms. The molecule has 3 rings (SSSR count). The topological polar surface area (TPSA) is 59.5 Å². The lowest BCUT2D eigenvalue weighted by molar-refractivity contribution is 0.0516. The summed E-state index contributed by atoms with van der Waals surface area (Å²) >= 11 is 0. The van der Waals surface area contributed by atoms with Crippen LogP contribution in [0.1, 0.15) is 40.5 Å². The highest BCUT2D eigenvalue weighted by molar-refractivity contribution is 6.07. The zero-order valence-electron chi connectivity index (χ0n) is 13.9. The van der Waals surface area contributed by atoms with Crippen LogP contribution in [0.5, 0.6) is 5.88 Å². The first-order valence-electron chi connectivity index (χ1n) is 8.22. The number of halogens is 1. The lowest BCUT2D eigenvalue weighted by atomic mass is 10.0. The van der Waals surface area contributed by atoms with E-state index in [1.165, 1.54) is 25.3 Å². The van der Waals surface area contributed by atoms with E-state index in [2.05, 4.69) is 4.98 Å². The number of ketones is 1. The van der Waals surface area contributed by atoms with Gasteiger partial charge in [0.1, 0.15) is 6.10 Å². The number of ether oxygens (including phenoxy) is 1. The second-order valence-electron chi connectivity index (χ2n) is 6.03. The molecule has 5 nitrogen and oxygen atoms in total. The SMILES string of the molecule is CC(=O)c1ccccc1C(=O)N1CCCC(Oc2ncccc2F)C1. The number of likely N-dealkylation sites (tertiary alicyclic amines) is 1. The Hall–Kier alpha value is -2.76. The molecule has 1 saturated heterocycles. The molecule has 1 aromatic heterocycles. The number of benzene rings is 1. The van der Waals surface area contributed by atoms with Gasteiger partial charge < -0.3 is 9.64 Å². The fourth-order valence-corrected chi connectivity index (χ4v) is 2.98. The van der Waals surface area contributed by atoms with Crippen LogP contribution in [0.3, 0.4) is 0 Å². The van der Waals surface area contributed by atoms with Gasteiger partial charge in [0.25, 0.3) is 11.8 Å². The van der Waals surface area contributed by atoms with E-state index < -0.39 is 5.82 Å². The summed E-state index contributed by atoms with van der Waals surface area (Å²) < 4.78 is 19.3. The maximum atomic E-state index is 13.7. The number of carbonyl (C=O) groups is 2. The number of pyridine rings is 1. The van der Waals surface area contributed by atoms with Gasteiger partial charge in [-0.15, -0.1) is 0 Å². The largest absolute Gasteiger partial charge is 0.470 e. The van der Waals surface area contributed by atoms with Crippen molar-refractivity contribution in [3.8, 4) is 5.88 Å². The molecule has 0 bridgehead atoms. The van der Waals surface area contributed by atoms with Gasteiger partial charge in [0, 0.05) is 18.3 Å². The van der Waals surface area contributed by atoms with E-state index in [0.717, 1.165) is 6.42 Å². The molecular weight excluding hydrogens is 323 g/mol. The summed E-state index contributed by atoms with van der Waals surface area (Å²) in [6.45, 7) is 2.36. The van der Waals surface area contributed by atoms with Crippen molar-refractivity contribution in [1.29, 1.82) is 0 Å². The van der Waals surface area contributed by atoms with Gasteiger partial charge in [0.15, 0.2) is 11.6 Å². The van der Waals surface area contributed by atoms with E-state index in [9.17, 15) is 14.0 Å². The van der Waals surface area contributed by atoms with E-state index in [0.29, 0.717) is 30.6 Å². The molecule has 0 radical (unpaired) electrons. The number of amides is 1. The van der Waals surface area contributed by atoms with Crippen molar-refractivity contribution in [1.82, 2.24) is 9.88 Å². The maximum Gasteiger partial charge on any atom is 0.254 e. The molecule has 130 valence electrons. The van der Waals surface area contributed by atoms with Gasteiger partial charge in [-0.2, -0.15) is 0 Å². The van der Waals surface area contributed by atoms with Crippen LogP contribution in [-0.2, 0) is 0 Å². The quantitative estimate of drug-likeness (QED) is 0.801. The highest BCUT2D eigenvalue weighted by Crippen LogP contribution is 2.21. The van der Waals surface area contributed by atoms with Crippen molar-refractivity contribution in [2.45, 2.75) is 25.9 Å². The average molecular weight is 342 g/mol. The summed E-state index contributed by atoms with van der Waals surface area (Å²) in [5.74, 6) is -0.927. The fraction of sp³-hybridized carbons (Fsp3) is 0.316. The minimum atomic E-state index is -0.520. The normalized spacial score (nSPS) is 17.2. The second-order valence-corrected chi connectivity index (χ2v) is 6.03. The van der Waals surface area contributed by atoms with Crippen LogP contribution < -0.4 is 4.74 Å². The summed E-state index contributed by atoms with van der Waals surface area (Å²) in [4.78, 5) is 30.1. The Morgan fingerprint density at radius 2 is 1.96 bits per heavy atom. The number of nitrogens with zero attached hydrogens (tertiary/aromatic N) is 2. The van der Waals surface area contributed by atoms with Crippen LogP contribution in [0, 0.1) is 5.82 Å². The van der Waals surface area contributed by atoms with Gasteiger partial charge in [-0.25, -0.2) is 9.37 Å². The number of piperidine rings is 1. The monoisotopic (exact) mass is 342 g/mol. The molecule has 0 N–H and O–H groups in total. The molecule has 1 atom stereocenters. The van der Waals surface area contributed by atoms with Crippen molar-refractivity contribution in [3.05, 3.63) is 59.5 Å². The van der Waals surface area contributed by atoms with Crippen LogP contribution in [0.2, 0.25) is 0 Å². The van der Waals surface area contributed by atoms with Gasteiger partial charge >= 0.3 is 0 Å². The van der Waals surface area contributed by atoms with Crippen molar-refractivity contribution in [2.75, 3.05) is 13.1 Å². The lowest BCUT2D eigenvalue weighted by Crippen LogP contribution is -2.44. The summed E-state index contributed by atoms with van der Waals surface area (Å²) in [5, 5.41) is 0. The van der Waals surface area contributed by atoms with Gasteiger partial charge in [-0.1, -0.05) is 18.2 Å². The van der Waals surface area contributed by atoms with Crippen molar-refractivity contribution in [3.63, 3.8) is 0 Å². The van der Waals surface area contributed by atoms with E-state index in [1.807, 2.05) is 0 Å². The number of carbonyl (C=O) groups excluding carboxylic acids is 2. The molecule has 1 amide bonds. The van der Waals surface area contributed by atoms with Crippen LogP contribution >= 0.6 is 0 Å². The molecule has 2 aromatic rings. The fourth-order valence-electron chi connectivity index (χ4n) is 2.98. The van der Waals surface area contributed by atoms with Crippen LogP contribution in [0.4, 0.5) is 4.39 Å². The second kappa shape index (κ2) is 7.42. The zero-order chi connectivity index (χ0) is 17.8. The standard InChI is InChI=1S/C19H19FN2O3/c1-13(23)15-7-2-3-8-16(15)19(24)22-11-5-6-14(12-22)25-18-17(20)9-4-10-21-18/h2-4,7-10,14H,5-6,11-12H2,1H3. The molecule has 1 unspecified atom stereocenters. The molecule has 1 aromatic carbocycles. The van der Waals surface area contributed by atoms with Gasteiger partial charge in [-0.3, -0.25) is 9.59 Å². The Bertz CT molecular complexity index is 794. The summed E-state index contributed by atoms with van der Waals surface area (Å²) in [6.07, 6.45) is 2.60. The zero-order valence-corrected chi connectivity index (χ0v) is 13.9. The van der Waals surface area contributed by atoms with E-state index in [1.54, 1.807) is 29.2 Å². The number of aromatic nitrogens is 1. The van der Waals surface area contributed by atoms with E-state index in [4.69, 9.17) is 4.74 Å². The predicted molar refractivity (Wildman–Crippen MR) is 90.2 cm³/mol. The molecule has 0 saturated carbocycles. The molecule has 1 aliphatic heterocycles. The predicted octanol–water partition coefficient (Wildman–Crippen LogP) is 3.11. The number of hydrogen-bond acceptors (Lipinski definition) is 4. The minimum Gasteiger partial charge on any atom is -0.470 e. The number of hydrogen-bond donors (Lipinski definition) is 0. The molecule has 1 aliphatic rings. The van der Waals surface area contributed by atoms with Gasteiger partial charge in [0.2, 0.25) is 0 Å². The third kappa shape index (κ3) is 3.84. The average Bonchev–Trinajstić information content (AvgIpc) is 2.63. The maximum absolute atomic E-state index is 13.7. The Kier molecular flexibility index (Phi) is 5.07. The summed E-state index contributed by atoms with van der Waals surface area (Å²) in [7, 11) is 0. The van der Waals surface area contributed by atoms with Crippen LogP contribution in [-0.4, -0.2) is 40.8 Å². The Morgan fingerprint density at radius 3 is 2.68 bits per heavy atom. The Balaban J connectivity index is 1.74. The first kappa shape index (κ1) is 17.1. The smallest absolute Gasteiger partial charge is 0.254 e. The number of Topliss-reactive ketones (excluding diaryl/α,β-unsaturated/α-hetero) is 1. The van der Waals surface area contributed by atoms with Crippen LogP contribution in [0.25, 0.3) is 0 Å². The lowest BCUT2D eigenvalue weighted by Gasteiger charge is -2.33. The summed E-state index contributed by atoms with van der Waals surface area (Å²) in [5.41, 5.74) is 0.797. The highest BCUT2D eigenvalue weighted by Gasteiger charge is 2.28. The van der Waals surface area contributed by atoms with Gasteiger partial charge in [-0.05, 0) is 38.0 Å². The van der Waals surface area contributed by atoms with Gasteiger partial charge in [0.05, 0.1) is 12.1 Å². The first-order chi connectivity index (χ1) is 12.1. The molecular formula is C19H19FN2O3. The Labute approximate surface area is 145 Å². The molecule has 6 heteroatoms. The first-order valence-corrected chi connectivity index (χ1v) is 8.22. The number of rotatable bonds is 4. The Morgan fingerprint density at radius 1 is 1.20 bits per heavy atom. The third-order valence-corrected chi connectivity index (χ3v) is 4.21. The third-order valence-electron chi connectivity index (χ3n) is 4.21. The van der Waals surface area contributed by atoms with Crippen LogP contribution in [0.15, 0.2) is 42.6 Å². The molecule has 25 heavy (non-hydrogen) atoms. The van der Waals surface area contributed by atoms with E-state index >= 15 is 0 Å². The molecule has 2 heterocycles. The van der Waals surface area contributed by atoms with Crippen molar-refractivity contribution in [2.24, 2.45) is 0 Å². The highest BCUT2D eigenvalue weighted by atomic mass is 19.1. The molecule has 1 fully saturated rings. The molecule has 0 aliphatic carbocycles. The van der Waals surface area contributed by atoms with Crippen molar-refractivity contribution >= 4 is 11.7 Å². The minimum absolute atomic E-state index is 0.0501. The van der Waals surface area contributed by atoms with Crippen molar-refractivity contribution < 1.29 is 18.7 Å². The summed E-state index contributed by atoms with van der Waals surface area (Å²) in [6, 6.07) is 9.56.